The third-order valence-corrected chi connectivity index (χ3v) is 12.9. The molecule has 1 spiro atoms. The van der Waals surface area contributed by atoms with E-state index in [9.17, 15) is 14.7 Å². The Morgan fingerprint density at radius 2 is 1.84 bits per heavy atom. The molecule has 6 rings (SSSR count). The maximum Gasteiger partial charge on any atom is 0.264 e. The van der Waals surface area contributed by atoms with Gasteiger partial charge in [0, 0.05) is 27.1 Å². The second-order valence-electron chi connectivity index (χ2n) is 12.7. The van der Waals surface area contributed by atoms with Crippen molar-refractivity contribution in [3.05, 3.63) is 92.6 Å². The van der Waals surface area contributed by atoms with Crippen LogP contribution in [0.25, 0.3) is 0 Å². The van der Waals surface area contributed by atoms with Gasteiger partial charge in [-0.1, -0.05) is 43.3 Å². The lowest BCUT2D eigenvalue weighted by atomic mass is 9.82. The van der Waals surface area contributed by atoms with Crippen LogP contribution in [0.4, 0.5) is 9.80 Å². The van der Waals surface area contributed by atoms with Gasteiger partial charge >= 0.3 is 0 Å². The first-order chi connectivity index (χ1) is 21.0. The van der Waals surface area contributed by atoms with Crippen molar-refractivity contribution in [2.45, 2.75) is 69.2 Å². The van der Waals surface area contributed by atoms with Crippen molar-refractivity contribution < 1.29 is 28.3 Å². The maximum atomic E-state index is 16.3. The lowest BCUT2D eigenvalue weighted by molar-refractivity contribution is -0.151. The van der Waals surface area contributed by atoms with Gasteiger partial charge in [-0.15, -0.1) is 0 Å². The molecule has 1 N–H and O–H groups in total. The molecule has 44 heavy (non-hydrogen) atoms. The lowest BCUT2D eigenvalue weighted by Gasteiger charge is -2.37. The number of aliphatic hydroxyl groups excluding tert-OH is 1. The van der Waals surface area contributed by atoms with E-state index in [1.807, 2.05) is 73.7 Å². The fourth-order valence-corrected chi connectivity index (χ4v) is 10.5. The van der Waals surface area contributed by atoms with Crippen LogP contribution in [-0.2, 0) is 39.4 Å². The Bertz CT molecular complexity index is 1580. The van der Waals surface area contributed by atoms with Crippen molar-refractivity contribution in [1.82, 2.24) is 4.90 Å². The fourth-order valence-electron chi connectivity index (χ4n) is 7.61. The number of benzene rings is 3. The lowest BCUT2D eigenvalue weighted by Crippen LogP contribution is -2.48. The molecular weight excluding hydrogens is 690 g/mol. The Morgan fingerprint density at radius 1 is 1.14 bits per heavy atom. The summed E-state index contributed by atoms with van der Waals surface area (Å²) in [5.41, 5.74) is 2.41. The van der Waals surface area contributed by atoms with Gasteiger partial charge in [0.15, 0.2) is 5.60 Å². The Kier molecular flexibility index (Phi) is 8.40. The predicted octanol–water partition coefficient (Wildman–Crippen LogP) is 5.96. The number of amides is 2. The number of fused-ring (bicyclic) bond motifs is 3. The number of rotatable bonds is 7. The number of ether oxygens (including phenoxy) is 2. The van der Waals surface area contributed by atoms with Crippen LogP contribution in [0.2, 0.25) is 18.6 Å². The molecule has 232 valence electrons. The van der Waals surface area contributed by atoms with Crippen LogP contribution >= 0.6 is 22.6 Å². The molecular formula is C34H38FIN2O5Si. The van der Waals surface area contributed by atoms with E-state index in [-0.39, 0.29) is 30.9 Å². The molecule has 1 fully saturated rings. The van der Waals surface area contributed by atoms with E-state index in [1.165, 1.54) is 0 Å². The number of hydrogen-bond donors (Lipinski definition) is 1. The summed E-state index contributed by atoms with van der Waals surface area (Å²) in [5.74, 6) is -0.399. The van der Waals surface area contributed by atoms with E-state index in [4.69, 9.17) is 9.47 Å². The molecule has 10 heteroatoms. The molecule has 3 aliphatic heterocycles. The van der Waals surface area contributed by atoms with Crippen LogP contribution in [0.5, 0.6) is 5.75 Å². The summed E-state index contributed by atoms with van der Waals surface area (Å²) in [4.78, 5) is 32.0. The minimum absolute atomic E-state index is 0.0700. The minimum atomic E-state index is -3.47. The molecule has 0 unspecified atom stereocenters. The largest absolute Gasteiger partial charge is 0.497 e. The van der Waals surface area contributed by atoms with Gasteiger partial charge in [0.2, 0.25) is 14.3 Å². The van der Waals surface area contributed by atoms with Gasteiger partial charge in [-0.25, -0.2) is 0 Å². The van der Waals surface area contributed by atoms with Gasteiger partial charge in [-0.3, -0.25) is 9.59 Å². The smallest absolute Gasteiger partial charge is 0.264 e. The first-order valence-corrected chi connectivity index (χ1v) is 19.1. The zero-order chi connectivity index (χ0) is 31.4. The van der Waals surface area contributed by atoms with Crippen LogP contribution in [0.3, 0.4) is 0 Å². The van der Waals surface area contributed by atoms with Crippen molar-refractivity contribution in [3.8, 4) is 5.75 Å². The second-order valence-corrected chi connectivity index (χ2v) is 17.7. The SMILES string of the molecule is COc1ccc2c(c1)[C@@]1(O[C@H](CC(=O)N3Cc4ccccc4C[C@H]3CO)[C@@H]([Si](C)(C)F)[C@@H]1C)C(=O)N2Cc1ccc(I)cc1. The quantitative estimate of drug-likeness (QED) is 0.185. The standard InChI is InChI=1S/C34H38FIN2O5Si/c1-21-32(44(3,4)35)30(17-31(40)37-19-24-8-6-5-7-23(24)15-26(37)20-39)43-34(21)28-16-27(42-2)13-14-29(28)38(33(34)41)18-22-9-11-25(36)12-10-22/h5-14,16,21,26,30,32,39H,15,17-20H2,1-4H3/t21-,26-,30+,32-,34+/m0/s1. The molecule has 0 bridgehead atoms. The molecule has 5 atom stereocenters. The minimum Gasteiger partial charge on any atom is -0.497 e. The molecule has 0 aliphatic carbocycles. The summed E-state index contributed by atoms with van der Waals surface area (Å²) >= 11 is 2.25. The fraction of sp³-hybridized carbons (Fsp3) is 0.412. The average molecular weight is 729 g/mol. The number of carbonyl (C=O) groups is 2. The molecule has 7 nitrogen and oxygen atoms in total. The van der Waals surface area contributed by atoms with Crippen molar-refractivity contribution >= 4 is 48.5 Å². The Labute approximate surface area is 272 Å². The highest BCUT2D eigenvalue weighted by atomic mass is 127. The number of anilines is 1. The Balaban J connectivity index is 1.37. The van der Waals surface area contributed by atoms with Gasteiger partial charge in [-0.05, 0) is 89.1 Å². The summed E-state index contributed by atoms with van der Waals surface area (Å²) in [6.07, 6.45) is -0.322. The van der Waals surface area contributed by atoms with E-state index < -0.39 is 31.6 Å². The van der Waals surface area contributed by atoms with Crippen molar-refractivity contribution in [2.24, 2.45) is 5.92 Å². The number of hydrogen-bond acceptors (Lipinski definition) is 5. The van der Waals surface area contributed by atoms with E-state index in [1.54, 1.807) is 30.0 Å². The average Bonchev–Trinajstić information content (AvgIpc) is 3.43. The normalized spacial score (nSPS) is 26.2. The van der Waals surface area contributed by atoms with Gasteiger partial charge in [-0.2, -0.15) is 0 Å². The summed E-state index contributed by atoms with van der Waals surface area (Å²) in [6.45, 7) is 5.71. The molecule has 0 radical (unpaired) electrons. The molecule has 2 amide bonds. The third-order valence-electron chi connectivity index (χ3n) is 9.68. The summed E-state index contributed by atoms with van der Waals surface area (Å²) in [7, 11) is -1.89. The molecule has 3 heterocycles. The number of methoxy groups -OCH3 is 1. The number of carbonyl (C=O) groups excluding carboxylic acids is 2. The highest BCUT2D eigenvalue weighted by molar-refractivity contribution is 14.1. The number of aliphatic hydroxyl groups is 1. The number of nitrogens with zero attached hydrogens (tertiary/aromatic N) is 2. The Morgan fingerprint density at radius 3 is 2.50 bits per heavy atom. The highest BCUT2D eigenvalue weighted by Crippen LogP contribution is 2.60. The van der Waals surface area contributed by atoms with Crippen LogP contribution < -0.4 is 9.64 Å². The third kappa shape index (κ3) is 5.27. The second kappa shape index (κ2) is 11.8. The van der Waals surface area contributed by atoms with Gasteiger partial charge < -0.3 is 28.5 Å². The summed E-state index contributed by atoms with van der Waals surface area (Å²) < 4.78 is 29.8. The van der Waals surface area contributed by atoms with E-state index in [0.717, 1.165) is 20.3 Å². The first-order valence-electron chi connectivity index (χ1n) is 15.1. The van der Waals surface area contributed by atoms with Crippen LogP contribution in [0.15, 0.2) is 66.7 Å². The molecule has 1 saturated heterocycles. The zero-order valence-corrected chi connectivity index (χ0v) is 28.6. The monoisotopic (exact) mass is 728 g/mol. The molecule has 3 aromatic carbocycles. The predicted molar refractivity (Wildman–Crippen MR) is 178 cm³/mol. The summed E-state index contributed by atoms with van der Waals surface area (Å²) in [5, 5.41) is 10.2. The van der Waals surface area contributed by atoms with E-state index in [0.29, 0.717) is 36.5 Å². The number of halogens is 2. The Hall–Kier alpha value is -2.80. The van der Waals surface area contributed by atoms with E-state index >= 15 is 4.11 Å². The van der Waals surface area contributed by atoms with Crippen LogP contribution in [-0.4, -0.2) is 56.1 Å². The maximum absolute atomic E-state index is 16.3. The van der Waals surface area contributed by atoms with Crippen molar-refractivity contribution in [3.63, 3.8) is 0 Å². The zero-order valence-electron chi connectivity index (χ0n) is 25.4. The van der Waals surface area contributed by atoms with Crippen molar-refractivity contribution in [1.29, 1.82) is 0 Å². The molecule has 3 aliphatic rings. The molecule has 0 aromatic heterocycles. The van der Waals surface area contributed by atoms with Gasteiger partial charge in [0.05, 0.1) is 44.5 Å². The van der Waals surface area contributed by atoms with Gasteiger partial charge in [0.1, 0.15) is 5.75 Å². The molecule has 0 saturated carbocycles. The summed E-state index contributed by atoms with van der Waals surface area (Å²) in [6, 6.07) is 21.1. The van der Waals surface area contributed by atoms with E-state index in [2.05, 4.69) is 22.6 Å². The first kappa shape index (κ1) is 31.2. The van der Waals surface area contributed by atoms with Crippen molar-refractivity contribution in [2.75, 3.05) is 18.6 Å². The highest BCUT2D eigenvalue weighted by Gasteiger charge is 2.67. The van der Waals surface area contributed by atoms with Gasteiger partial charge in [0.25, 0.3) is 5.91 Å². The molecule has 3 aromatic rings. The topological polar surface area (TPSA) is 79.3 Å². The van der Waals surface area contributed by atoms with Crippen LogP contribution in [0, 0.1) is 9.49 Å². The van der Waals surface area contributed by atoms with Crippen LogP contribution in [0.1, 0.15) is 35.6 Å².